The largest absolute Gasteiger partial charge is 0.465 e. The molecule has 1 fully saturated rings. The van der Waals surface area contributed by atoms with Gasteiger partial charge in [0.1, 0.15) is 6.61 Å². The third kappa shape index (κ3) is 6.39. The van der Waals surface area contributed by atoms with Crippen LogP contribution in [0.2, 0.25) is 0 Å². The average Bonchev–Trinajstić information content (AvgIpc) is 2.33. The normalized spacial score (nSPS) is 17.2. The third-order valence-corrected chi connectivity index (χ3v) is 3.47. The van der Waals surface area contributed by atoms with Crippen molar-refractivity contribution in [3.63, 3.8) is 0 Å². The SMILES string of the molecule is CCCCCCCCCC(=O)OCC1(C)COC1. The molecule has 0 aromatic rings. The number of carbonyl (C=O) groups is 1. The van der Waals surface area contributed by atoms with Gasteiger partial charge in [0.05, 0.1) is 13.2 Å². The summed E-state index contributed by atoms with van der Waals surface area (Å²) in [7, 11) is 0. The Morgan fingerprint density at radius 1 is 1.11 bits per heavy atom. The van der Waals surface area contributed by atoms with E-state index < -0.39 is 0 Å². The molecule has 106 valence electrons. The standard InChI is InChI=1S/C15H28O3/c1-3-4-5-6-7-8-9-10-14(16)18-13-15(2)11-17-12-15/h3-13H2,1-2H3. The zero-order valence-corrected chi connectivity index (χ0v) is 12.0. The van der Waals surface area contributed by atoms with E-state index >= 15 is 0 Å². The van der Waals surface area contributed by atoms with Crippen molar-refractivity contribution in [1.29, 1.82) is 0 Å². The summed E-state index contributed by atoms with van der Waals surface area (Å²) in [5.74, 6) is -0.0447. The van der Waals surface area contributed by atoms with Crippen molar-refractivity contribution in [2.75, 3.05) is 19.8 Å². The lowest BCUT2D eigenvalue weighted by Gasteiger charge is -2.37. The molecule has 0 N–H and O–H groups in total. The predicted octanol–water partition coefficient (Wildman–Crippen LogP) is 3.71. The van der Waals surface area contributed by atoms with E-state index in [0.29, 0.717) is 13.0 Å². The molecule has 3 nitrogen and oxygen atoms in total. The van der Waals surface area contributed by atoms with Crippen LogP contribution in [0.1, 0.15) is 65.2 Å². The van der Waals surface area contributed by atoms with Crippen molar-refractivity contribution in [3.8, 4) is 0 Å². The van der Waals surface area contributed by atoms with Gasteiger partial charge < -0.3 is 9.47 Å². The highest BCUT2D eigenvalue weighted by Gasteiger charge is 2.34. The minimum Gasteiger partial charge on any atom is -0.465 e. The van der Waals surface area contributed by atoms with E-state index in [1.807, 2.05) is 0 Å². The third-order valence-electron chi connectivity index (χ3n) is 3.47. The molecule has 1 rings (SSSR count). The fraction of sp³-hybridized carbons (Fsp3) is 0.933. The number of unbranched alkanes of at least 4 members (excludes halogenated alkanes) is 6. The van der Waals surface area contributed by atoms with Crippen LogP contribution in [0.25, 0.3) is 0 Å². The predicted molar refractivity (Wildman–Crippen MR) is 72.5 cm³/mol. The molecule has 3 heteroatoms. The van der Waals surface area contributed by atoms with Gasteiger partial charge in [-0.1, -0.05) is 52.4 Å². The molecule has 18 heavy (non-hydrogen) atoms. The maximum atomic E-state index is 11.5. The second-order valence-corrected chi connectivity index (χ2v) is 5.84. The number of esters is 1. The molecule has 1 aliphatic heterocycles. The lowest BCUT2D eigenvalue weighted by molar-refractivity contribution is -0.165. The van der Waals surface area contributed by atoms with E-state index in [-0.39, 0.29) is 11.4 Å². The van der Waals surface area contributed by atoms with Crippen LogP contribution in [-0.4, -0.2) is 25.8 Å². The number of rotatable bonds is 10. The van der Waals surface area contributed by atoms with E-state index in [9.17, 15) is 4.79 Å². The van der Waals surface area contributed by atoms with Gasteiger partial charge in [-0.25, -0.2) is 0 Å². The molecule has 0 atom stereocenters. The molecule has 0 bridgehead atoms. The van der Waals surface area contributed by atoms with Crippen LogP contribution in [0.3, 0.4) is 0 Å². The highest BCUT2D eigenvalue weighted by atomic mass is 16.5. The summed E-state index contributed by atoms with van der Waals surface area (Å²) in [5, 5.41) is 0. The Balaban J connectivity index is 1.87. The van der Waals surface area contributed by atoms with Crippen LogP contribution < -0.4 is 0 Å². The molecule has 1 aliphatic rings. The summed E-state index contributed by atoms with van der Waals surface area (Å²) in [5.41, 5.74) is 0.0792. The topological polar surface area (TPSA) is 35.5 Å². The first kappa shape index (κ1) is 15.5. The number of ether oxygens (including phenoxy) is 2. The van der Waals surface area contributed by atoms with Gasteiger partial charge in [0.15, 0.2) is 0 Å². The first-order valence-corrected chi connectivity index (χ1v) is 7.40. The molecule has 0 aliphatic carbocycles. The minimum absolute atomic E-state index is 0.0447. The summed E-state index contributed by atoms with van der Waals surface area (Å²) in [6.45, 7) is 6.28. The molecule has 1 heterocycles. The zero-order chi connectivity index (χ0) is 13.3. The maximum absolute atomic E-state index is 11.5. The molecule has 0 unspecified atom stereocenters. The summed E-state index contributed by atoms with van der Waals surface area (Å²) in [6, 6.07) is 0. The van der Waals surface area contributed by atoms with E-state index in [0.717, 1.165) is 26.1 Å². The van der Waals surface area contributed by atoms with Gasteiger partial charge >= 0.3 is 5.97 Å². The molecular weight excluding hydrogens is 228 g/mol. The van der Waals surface area contributed by atoms with Gasteiger partial charge in [-0.05, 0) is 6.42 Å². The van der Waals surface area contributed by atoms with E-state index in [2.05, 4.69) is 13.8 Å². The second kappa shape index (κ2) is 8.52. The van der Waals surface area contributed by atoms with Gasteiger partial charge in [-0.2, -0.15) is 0 Å². The van der Waals surface area contributed by atoms with Crippen molar-refractivity contribution in [2.45, 2.75) is 65.2 Å². The van der Waals surface area contributed by atoms with Crippen LogP contribution >= 0.6 is 0 Å². The second-order valence-electron chi connectivity index (χ2n) is 5.84. The summed E-state index contributed by atoms with van der Waals surface area (Å²) < 4.78 is 10.4. The number of carbonyl (C=O) groups excluding carboxylic acids is 1. The summed E-state index contributed by atoms with van der Waals surface area (Å²) in [6.07, 6.45) is 9.20. The van der Waals surface area contributed by atoms with Crippen LogP contribution in [0.5, 0.6) is 0 Å². The van der Waals surface area contributed by atoms with Crippen LogP contribution in [0.4, 0.5) is 0 Å². The molecule has 1 saturated heterocycles. The van der Waals surface area contributed by atoms with Crippen molar-refractivity contribution in [3.05, 3.63) is 0 Å². The first-order valence-electron chi connectivity index (χ1n) is 7.40. The van der Waals surface area contributed by atoms with Crippen molar-refractivity contribution in [1.82, 2.24) is 0 Å². The van der Waals surface area contributed by atoms with Gasteiger partial charge in [0.2, 0.25) is 0 Å². The number of hydrogen-bond acceptors (Lipinski definition) is 3. The van der Waals surface area contributed by atoms with Gasteiger partial charge in [0.25, 0.3) is 0 Å². The fourth-order valence-electron chi connectivity index (χ4n) is 2.09. The molecule has 0 amide bonds. The van der Waals surface area contributed by atoms with Crippen LogP contribution in [0, 0.1) is 5.41 Å². The molecular formula is C15H28O3. The summed E-state index contributed by atoms with van der Waals surface area (Å²) >= 11 is 0. The van der Waals surface area contributed by atoms with Crippen LogP contribution in [-0.2, 0) is 14.3 Å². The molecule has 0 saturated carbocycles. The Hall–Kier alpha value is -0.570. The highest BCUT2D eigenvalue weighted by molar-refractivity contribution is 5.69. The highest BCUT2D eigenvalue weighted by Crippen LogP contribution is 2.26. The van der Waals surface area contributed by atoms with Gasteiger partial charge in [-0.15, -0.1) is 0 Å². The molecule has 0 spiro atoms. The maximum Gasteiger partial charge on any atom is 0.305 e. The Morgan fingerprint density at radius 3 is 2.28 bits per heavy atom. The van der Waals surface area contributed by atoms with Crippen molar-refractivity contribution < 1.29 is 14.3 Å². The fourth-order valence-corrected chi connectivity index (χ4v) is 2.09. The Morgan fingerprint density at radius 2 is 1.72 bits per heavy atom. The van der Waals surface area contributed by atoms with E-state index in [1.54, 1.807) is 0 Å². The Labute approximate surface area is 111 Å². The smallest absolute Gasteiger partial charge is 0.305 e. The molecule has 0 radical (unpaired) electrons. The number of hydrogen-bond donors (Lipinski definition) is 0. The van der Waals surface area contributed by atoms with Gasteiger partial charge in [0, 0.05) is 11.8 Å². The molecule has 0 aromatic heterocycles. The Kier molecular flexibility index (Phi) is 7.33. The van der Waals surface area contributed by atoms with Crippen molar-refractivity contribution >= 4 is 5.97 Å². The van der Waals surface area contributed by atoms with Gasteiger partial charge in [-0.3, -0.25) is 4.79 Å². The Bertz CT molecular complexity index is 234. The lowest BCUT2D eigenvalue weighted by atomic mass is 9.90. The first-order chi connectivity index (χ1) is 8.66. The van der Waals surface area contributed by atoms with Crippen molar-refractivity contribution in [2.24, 2.45) is 5.41 Å². The quantitative estimate of drug-likeness (QED) is 0.441. The average molecular weight is 256 g/mol. The lowest BCUT2D eigenvalue weighted by Crippen LogP contribution is -2.44. The van der Waals surface area contributed by atoms with Crippen LogP contribution in [0.15, 0.2) is 0 Å². The molecule has 0 aromatic carbocycles. The summed E-state index contributed by atoms with van der Waals surface area (Å²) in [4.78, 5) is 11.5. The monoisotopic (exact) mass is 256 g/mol. The van der Waals surface area contributed by atoms with E-state index in [4.69, 9.17) is 9.47 Å². The van der Waals surface area contributed by atoms with E-state index in [1.165, 1.54) is 32.1 Å². The minimum atomic E-state index is -0.0447. The zero-order valence-electron chi connectivity index (χ0n) is 12.0.